The zero-order chi connectivity index (χ0) is 16.7. The molecule has 0 fully saturated rings. The molecule has 0 bridgehead atoms. The van der Waals surface area contributed by atoms with Gasteiger partial charge >= 0.3 is 6.03 Å². The second-order valence-corrected chi connectivity index (χ2v) is 6.12. The summed E-state index contributed by atoms with van der Waals surface area (Å²) in [5.41, 5.74) is 0.939. The number of amides is 2. The van der Waals surface area contributed by atoms with Crippen LogP contribution in [0.5, 0.6) is 11.5 Å². The average Bonchev–Trinajstić information content (AvgIpc) is 2.97. The van der Waals surface area contributed by atoms with Gasteiger partial charge in [-0.2, -0.15) is 0 Å². The van der Waals surface area contributed by atoms with E-state index in [9.17, 15) is 4.79 Å². The maximum atomic E-state index is 11.8. The van der Waals surface area contributed by atoms with E-state index in [4.69, 9.17) is 9.47 Å². The zero-order valence-corrected chi connectivity index (χ0v) is 14.3. The van der Waals surface area contributed by atoms with Crippen molar-refractivity contribution in [2.45, 2.75) is 26.9 Å². The molecule has 0 radical (unpaired) electrons. The highest BCUT2D eigenvalue weighted by atomic mass is 32.1. The molecule has 0 aliphatic heterocycles. The van der Waals surface area contributed by atoms with Gasteiger partial charge in [-0.15, -0.1) is 11.3 Å². The minimum absolute atomic E-state index is 0.219. The average molecular weight is 335 g/mol. The highest BCUT2D eigenvalue weighted by Crippen LogP contribution is 2.27. The van der Waals surface area contributed by atoms with Crippen LogP contribution in [0.4, 0.5) is 4.79 Å². The lowest BCUT2D eigenvalue weighted by atomic mass is 10.2. The van der Waals surface area contributed by atoms with Crippen LogP contribution in [0, 0.1) is 6.92 Å². The van der Waals surface area contributed by atoms with Crippen LogP contribution in [0.1, 0.15) is 22.4 Å². The van der Waals surface area contributed by atoms with Gasteiger partial charge in [0.1, 0.15) is 0 Å². The lowest BCUT2D eigenvalue weighted by molar-refractivity contribution is 0.240. The molecule has 0 aliphatic rings. The number of methoxy groups -OCH3 is 1. The zero-order valence-electron chi connectivity index (χ0n) is 13.5. The summed E-state index contributed by atoms with van der Waals surface area (Å²) in [5, 5.41) is 6.61. The normalized spacial score (nSPS) is 10.2. The van der Waals surface area contributed by atoms with Crippen molar-refractivity contribution in [3.63, 3.8) is 0 Å². The lowest BCUT2D eigenvalue weighted by Gasteiger charge is -2.11. The molecule has 0 unspecified atom stereocenters. The maximum absolute atomic E-state index is 11.8. The van der Waals surface area contributed by atoms with Crippen LogP contribution >= 0.6 is 11.3 Å². The molecule has 124 valence electrons. The van der Waals surface area contributed by atoms with Gasteiger partial charge in [0.25, 0.3) is 0 Å². The Labute approximate surface area is 139 Å². The number of thiazole rings is 1. The van der Waals surface area contributed by atoms with Gasteiger partial charge < -0.3 is 20.1 Å². The number of benzene rings is 1. The minimum atomic E-state index is -0.219. The Kier molecular flexibility index (Phi) is 6.22. The monoisotopic (exact) mass is 335 g/mol. The second kappa shape index (κ2) is 8.38. The molecular weight excluding hydrogens is 314 g/mol. The first kappa shape index (κ1) is 17.1. The Morgan fingerprint density at radius 1 is 1.26 bits per heavy atom. The van der Waals surface area contributed by atoms with Crippen LogP contribution < -0.4 is 20.1 Å². The second-order valence-electron chi connectivity index (χ2n) is 4.80. The van der Waals surface area contributed by atoms with Gasteiger partial charge in [-0.3, -0.25) is 0 Å². The van der Waals surface area contributed by atoms with Crippen LogP contribution in [0.25, 0.3) is 0 Å². The highest BCUT2D eigenvalue weighted by Gasteiger charge is 2.07. The van der Waals surface area contributed by atoms with Crippen molar-refractivity contribution >= 4 is 17.4 Å². The Hall–Kier alpha value is -2.28. The number of aromatic nitrogens is 1. The van der Waals surface area contributed by atoms with Crippen LogP contribution in [-0.4, -0.2) is 24.7 Å². The summed E-state index contributed by atoms with van der Waals surface area (Å²) in [6, 6.07) is 5.39. The first-order valence-corrected chi connectivity index (χ1v) is 8.16. The summed E-state index contributed by atoms with van der Waals surface area (Å²) >= 11 is 1.57. The van der Waals surface area contributed by atoms with Gasteiger partial charge in [0.2, 0.25) is 0 Å². The van der Waals surface area contributed by atoms with E-state index in [0.717, 1.165) is 15.4 Å². The van der Waals surface area contributed by atoms with Crippen molar-refractivity contribution in [3.05, 3.63) is 39.8 Å². The molecule has 1 aromatic heterocycles. The maximum Gasteiger partial charge on any atom is 0.315 e. The van der Waals surface area contributed by atoms with Crippen LogP contribution in [0.3, 0.4) is 0 Å². The van der Waals surface area contributed by atoms with Crippen LogP contribution in [-0.2, 0) is 13.1 Å². The molecule has 2 aromatic rings. The van der Waals surface area contributed by atoms with Crippen molar-refractivity contribution in [3.8, 4) is 11.5 Å². The minimum Gasteiger partial charge on any atom is -0.493 e. The number of carbonyl (C=O) groups excluding carboxylic acids is 1. The number of hydrogen-bond donors (Lipinski definition) is 2. The van der Waals surface area contributed by atoms with Gasteiger partial charge in [-0.05, 0) is 31.5 Å². The standard InChI is InChI=1S/C16H21N3O3S/c1-4-22-14-6-5-12(7-15(14)21-3)8-18-16(20)19-10-13-9-17-11(2)23-13/h5-7,9H,4,8,10H2,1-3H3,(H2,18,19,20). The van der Waals surface area contributed by atoms with E-state index in [1.165, 1.54) is 0 Å². The van der Waals surface area contributed by atoms with E-state index < -0.39 is 0 Å². The van der Waals surface area contributed by atoms with Gasteiger partial charge in [-0.25, -0.2) is 9.78 Å². The van der Waals surface area contributed by atoms with Crippen molar-refractivity contribution in [1.29, 1.82) is 0 Å². The number of carbonyl (C=O) groups is 1. The third-order valence-electron chi connectivity index (χ3n) is 3.07. The largest absolute Gasteiger partial charge is 0.493 e. The number of rotatable bonds is 7. The predicted octanol–water partition coefficient (Wildman–Crippen LogP) is 2.86. The number of hydrogen-bond acceptors (Lipinski definition) is 5. The third kappa shape index (κ3) is 5.14. The predicted molar refractivity (Wildman–Crippen MR) is 90.1 cm³/mol. The molecule has 0 saturated carbocycles. The molecule has 2 rings (SSSR count). The summed E-state index contributed by atoms with van der Waals surface area (Å²) in [6.45, 7) is 5.32. The van der Waals surface area contributed by atoms with E-state index in [2.05, 4.69) is 15.6 Å². The van der Waals surface area contributed by atoms with Crippen molar-refractivity contribution in [2.24, 2.45) is 0 Å². The molecule has 0 aliphatic carbocycles. The van der Waals surface area contributed by atoms with E-state index in [1.54, 1.807) is 24.6 Å². The Bertz CT molecular complexity index is 658. The van der Waals surface area contributed by atoms with Crippen molar-refractivity contribution in [1.82, 2.24) is 15.6 Å². The fourth-order valence-electron chi connectivity index (χ4n) is 2.00. The molecule has 0 atom stereocenters. The van der Waals surface area contributed by atoms with E-state index >= 15 is 0 Å². The smallest absolute Gasteiger partial charge is 0.315 e. The van der Waals surface area contributed by atoms with Crippen LogP contribution in [0.15, 0.2) is 24.4 Å². The summed E-state index contributed by atoms with van der Waals surface area (Å²) in [6.07, 6.45) is 1.78. The van der Waals surface area contributed by atoms with E-state index in [-0.39, 0.29) is 6.03 Å². The highest BCUT2D eigenvalue weighted by molar-refractivity contribution is 7.11. The van der Waals surface area contributed by atoms with Gasteiger partial charge in [-0.1, -0.05) is 6.07 Å². The fraction of sp³-hybridized carbons (Fsp3) is 0.375. The van der Waals surface area contributed by atoms with Crippen molar-refractivity contribution in [2.75, 3.05) is 13.7 Å². The summed E-state index contributed by atoms with van der Waals surface area (Å²) in [5.74, 6) is 1.36. The van der Waals surface area contributed by atoms with Gasteiger partial charge in [0.15, 0.2) is 11.5 Å². The topological polar surface area (TPSA) is 72.5 Å². The summed E-state index contributed by atoms with van der Waals surface area (Å²) in [4.78, 5) is 17.0. The fourth-order valence-corrected chi connectivity index (χ4v) is 2.73. The van der Waals surface area contributed by atoms with Gasteiger partial charge in [0, 0.05) is 17.6 Å². The van der Waals surface area contributed by atoms with Crippen molar-refractivity contribution < 1.29 is 14.3 Å². The molecule has 0 spiro atoms. The lowest BCUT2D eigenvalue weighted by Crippen LogP contribution is -2.34. The van der Waals surface area contributed by atoms with Gasteiger partial charge in [0.05, 0.1) is 25.3 Å². The number of urea groups is 1. The molecule has 6 nitrogen and oxygen atoms in total. The quantitative estimate of drug-likeness (QED) is 0.816. The molecule has 23 heavy (non-hydrogen) atoms. The molecule has 7 heteroatoms. The van der Waals surface area contributed by atoms with E-state index in [1.807, 2.05) is 32.0 Å². The van der Waals surface area contributed by atoms with Crippen LogP contribution in [0.2, 0.25) is 0 Å². The van der Waals surface area contributed by atoms with E-state index in [0.29, 0.717) is 31.2 Å². The summed E-state index contributed by atoms with van der Waals surface area (Å²) < 4.78 is 10.8. The molecular formula is C16H21N3O3S. The SMILES string of the molecule is CCOc1ccc(CNC(=O)NCc2cnc(C)s2)cc1OC. The molecule has 1 heterocycles. The number of ether oxygens (including phenoxy) is 2. The number of nitrogens with zero attached hydrogens (tertiary/aromatic N) is 1. The molecule has 2 amide bonds. The first-order valence-electron chi connectivity index (χ1n) is 7.35. The molecule has 1 aromatic carbocycles. The Morgan fingerprint density at radius 3 is 2.70 bits per heavy atom. The number of aryl methyl sites for hydroxylation is 1. The summed E-state index contributed by atoms with van der Waals surface area (Å²) in [7, 11) is 1.60. The Balaban J connectivity index is 1.83. The Morgan fingerprint density at radius 2 is 2.04 bits per heavy atom. The molecule has 2 N–H and O–H groups in total. The number of nitrogens with one attached hydrogen (secondary N) is 2. The first-order chi connectivity index (χ1) is 11.1. The molecule has 0 saturated heterocycles. The third-order valence-corrected chi connectivity index (χ3v) is 3.99.